The van der Waals surface area contributed by atoms with Crippen molar-refractivity contribution >= 4 is 12.1 Å². The summed E-state index contributed by atoms with van der Waals surface area (Å²) in [6.07, 6.45) is -1.45. The van der Waals surface area contributed by atoms with Gasteiger partial charge in [0.1, 0.15) is 12.4 Å². The molecule has 0 aliphatic heterocycles. The number of aliphatic hydroxyl groups excluding tert-OH is 1. The molecule has 2 rings (SSSR count). The fourth-order valence-electron chi connectivity index (χ4n) is 2.71. The van der Waals surface area contributed by atoms with Crippen LogP contribution in [0.4, 0.5) is 4.79 Å². The monoisotopic (exact) mass is 385 g/mol. The maximum Gasteiger partial charge on any atom is 0.407 e. The molecule has 0 heterocycles. The van der Waals surface area contributed by atoms with Crippen LogP contribution in [0.15, 0.2) is 60.7 Å². The zero-order valence-corrected chi connectivity index (χ0v) is 16.2. The highest BCUT2D eigenvalue weighted by Crippen LogP contribution is 2.14. The molecular weight excluding hydrogens is 358 g/mol. The van der Waals surface area contributed by atoms with E-state index < -0.39 is 24.2 Å². The summed E-state index contributed by atoms with van der Waals surface area (Å²) in [5, 5.41) is 13.1. The van der Waals surface area contributed by atoms with Gasteiger partial charge in [-0.1, -0.05) is 62.4 Å². The van der Waals surface area contributed by atoms with Crippen molar-refractivity contribution in [3.8, 4) is 5.75 Å². The molecule has 0 bridgehead atoms. The lowest BCUT2D eigenvalue weighted by Gasteiger charge is -2.25. The van der Waals surface area contributed by atoms with Gasteiger partial charge in [0.05, 0.1) is 18.6 Å². The van der Waals surface area contributed by atoms with E-state index in [4.69, 9.17) is 9.47 Å². The second kappa shape index (κ2) is 11.1. The predicted octanol–water partition coefficient (Wildman–Crippen LogP) is 3.68. The second-order valence-corrected chi connectivity index (χ2v) is 7.00. The van der Waals surface area contributed by atoms with E-state index in [-0.39, 0.29) is 18.9 Å². The van der Waals surface area contributed by atoms with Crippen LogP contribution in [0.1, 0.15) is 32.3 Å². The molecule has 150 valence electrons. The highest BCUT2D eigenvalue weighted by Gasteiger charge is 2.26. The molecule has 2 aromatic carbocycles. The van der Waals surface area contributed by atoms with E-state index in [1.54, 1.807) is 24.3 Å². The minimum Gasteiger partial charge on any atom is -0.445 e. The minimum absolute atomic E-state index is 0.132. The molecule has 2 N–H and O–H groups in total. The third-order valence-electron chi connectivity index (χ3n) is 4.06. The minimum atomic E-state index is -1.08. The Morgan fingerprint density at radius 1 is 1.00 bits per heavy atom. The van der Waals surface area contributed by atoms with Crippen molar-refractivity contribution in [2.45, 2.75) is 45.4 Å². The van der Waals surface area contributed by atoms with Gasteiger partial charge in [0.25, 0.3) is 0 Å². The Bertz CT molecular complexity index is 733. The number of para-hydroxylation sites is 1. The van der Waals surface area contributed by atoms with Crippen molar-refractivity contribution < 1.29 is 24.2 Å². The zero-order chi connectivity index (χ0) is 20.4. The van der Waals surface area contributed by atoms with Gasteiger partial charge in [-0.05, 0) is 30.0 Å². The average Bonchev–Trinajstić information content (AvgIpc) is 2.67. The number of hydrogen-bond donors (Lipinski definition) is 2. The van der Waals surface area contributed by atoms with E-state index in [0.29, 0.717) is 12.2 Å². The smallest absolute Gasteiger partial charge is 0.407 e. The predicted molar refractivity (Wildman–Crippen MR) is 106 cm³/mol. The molecule has 0 saturated carbocycles. The Labute approximate surface area is 165 Å². The van der Waals surface area contributed by atoms with Crippen molar-refractivity contribution in [1.82, 2.24) is 5.32 Å². The molecule has 0 fully saturated rings. The first-order valence-corrected chi connectivity index (χ1v) is 9.35. The molecule has 0 radical (unpaired) electrons. The van der Waals surface area contributed by atoms with Gasteiger partial charge in [-0.25, -0.2) is 4.79 Å². The summed E-state index contributed by atoms with van der Waals surface area (Å²) in [6, 6.07) is 17.3. The Kier molecular flexibility index (Phi) is 8.49. The van der Waals surface area contributed by atoms with E-state index in [2.05, 4.69) is 5.32 Å². The molecule has 0 aromatic heterocycles. The first-order valence-electron chi connectivity index (χ1n) is 9.35. The summed E-state index contributed by atoms with van der Waals surface area (Å²) in [5.41, 5.74) is 0.866. The van der Waals surface area contributed by atoms with Crippen LogP contribution in [0.3, 0.4) is 0 Å². The maximum absolute atomic E-state index is 12.1. The van der Waals surface area contributed by atoms with E-state index >= 15 is 0 Å². The summed E-state index contributed by atoms with van der Waals surface area (Å²) in [7, 11) is 0. The SMILES string of the molecule is CC(C)C[C@H](NC(=O)OCc1ccccc1)[C@H](O)CC(=O)Oc1ccccc1. The topological polar surface area (TPSA) is 84.9 Å². The van der Waals surface area contributed by atoms with Gasteiger partial charge >= 0.3 is 12.1 Å². The van der Waals surface area contributed by atoms with Crippen molar-refractivity contribution in [1.29, 1.82) is 0 Å². The number of aliphatic hydroxyl groups is 1. The average molecular weight is 385 g/mol. The van der Waals surface area contributed by atoms with Crippen molar-refractivity contribution in [3.63, 3.8) is 0 Å². The first kappa shape index (κ1) is 21.4. The fourth-order valence-corrected chi connectivity index (χ4v) is 2.71. The van der Waals surface area contributed by atoms with Gasteiger partial charge in [0.2, 0.25) is 0 Å². The number of ether oxygens (including phenoxy) is 2. The Morgan fingerprint density at radius 2 is 1.61 bits per heavy atom. The molecule has 0 unspecified atom stereocenters. The lowest BCUT2D eigenvalue weighted by molar-refractivity contribution is -0.137. The highest BCUT2D eigenvalue weighted by molar-refractivity contribution is 5.73. The van der Waals surface area contributed by atoms with Gasteiger partial charge in [-0.3, -0.25) is 4.79 Å². The number of carbonyl (C=O) groups excluding carboxylic acids is 2. The molecule has 28 heavy (non-hydrogen) atoms. The molecule has 0 aliphatic carbocycles. The fraction of sp³-hybridized carbons (Fsp3) is 0.364. The molecule has 0 aliphatic rings. The van der Waals surface area contributed by atoms with Gasteiger partial charge in [-0.15, -0.1) is 0 Å². The van der Waals surface area contributed by atoms with Gasteiger partial charge < -0.3 is 19.9 Å². The van der Waals surface area contributed by atoms with Crippen molar-refractivity contribution in [2.75, 3.05) is 0 Å². The molecule has 2 atom stereocenters. The number of benzene rings is 2. The van der Waals surface area contributed by atoms with Gasteiger partial charge in [-0.2, -0.15) is 0 Å². The van der Waals surface area contributed by atoms with Crippen LogP contribution >= 0.6 is 0 Å². The Hall–Kier alpha value is -2.86. The Morgan fingerprint density at radius 3 is 2.21 bits per heavy atom. The van der Waals surface area contributed by atoms with Crippen molar-refractivity contribution in [3.05, 3.63) is 66.2 Å². The van der Waals surface area contributed by atoms with Crippen LogP contribution in [0.5, 0.6) is 5.75 Å². The molecule has 6 heteroatoms. The van der Waals surface area contributed by atoms with Crippen LogP contribution in [0, 0.1) is 5.92 Å². The third kappa shape index (κ3) is 7.80. The summed E-state index contributed by atoms with van der Waals surface area (Å²) < 4.78 is 10.4. The van der Waals surface area contributed by atoms with E-state index in [0.717, 1.165) is 5.56 Å². The quantitative estimate of drug-likeness (QED) is 0.508. The van der Waals surface area contributed by atoms with Crippen LogP contribution < -0.4 is 10.1 Å². The molecule has 1 amide bonds. The van der Waals surface area contributed by atoms with Crippen LogP contribution in [-0.4, -0.2) is 29.3 Å². The highest BCUT2D eigenvalue weighted by atomic mass is 16.5. The summed E-state index contributed by atoms with van der Waals surface area (Å²) in [4.78, 5) is 24.2. The lowest BCUT2D eigenvalue weighted by atomic mass is 9.97. The first-order chi connectivity index (χ1) is 13.4. The summed E-state index contributed by atoms with van der Waals surface area (Å²) in [5.74, 6) is 0.0569. The number of rotatable bonds is 9. The number of carbonyl (C=O) groups is 2. The lowest BCUT2D eigenvalue weighted by Crippen LogP contribution is -2.45. The summed E-state index contributed by atoms with van der Waals surface area (Å²) in [6.45, 7) is 4.07. The summed E-state index contributed by atoms with van der Waals surface area (Å²) >= 11 is 0. The zero-order valence-electron chi connectivity index (χ0n) is 16.2. The third-order valence-corrected chi connectivity index (χ3v) is 4.06. The number of alkyl carbamates (subject to hydrolysis) is 1. The standard InChI is InChI=1S/C22H27NO5/c1-16(2)13-19(23-22(26)27-15-17-9-5-3-6-10-17)20(24)14-21(25)28-18-11-7-4-8-12-18/h3-12,16,19-20,24H,13-15H2,1-2H3,(H,23,26)/t19-,20+/m0/s1. The molecule has 0 spiro atoms. The van der Waals surface area contributed by atoms with Crippen LogP contribution in [-0.2, 0) is 16.1 Å². The number of hydrogen-bond acceptors (Lipinski definition) is 5. The van der Waals surface area contributed by atoms with Gasteiger partial charge in [0, 0.05) is 0 Å². The molecule has 6 nitrogen and oxygen atoms in total. The van der Waals surface area contributed by atoms with E-state index in [1.807, 2.05) is 50.2 Å². The molecule has 0 saturated heterocycles. The largest absolute Gasteiger partial charge is 0.445 e. The molecule has 2 aromatic rings. The maximum atomic E-state index is 12.1. The van der Waals surface area contributed by atoms with Crippen molar-refractivity contribution in [2.24, 2.45) is 5.92 Å². The number of nitrogens with one attached hydrogen (secondary N) is 1. The van der Waals surface area contributed by atoms with Crippen LogP contribution in [0.25, 0.3) is 0 Å². The van der Waals surface area contributed by atoms with E-state index in [1.165, 1.54) is 0 Å². The van der Waals surface area contributed by atoms with E-state index in [9.17, 15) is 14.7 Å². The normalized spacial score (nSPS) is 12.9. The van der Waals surface area contributed by atoms with Gasteiger partial charge in [0.15, 0.2) is 0 Å². The molecular formula is C22H27NO5. The second-order valence-electron chi connectivity index (χ2n) is 7.00. The number of esters is 1. The Balaban J connectivity index is 1.87. The van der Waals surface area contributed by atoms with Crippen LogP contribution in [0.2, 0.25) is 0 Å². The number of amides is 1.